The third-order valence-electron chi connectivity index (χ3n) is 2.59. The Morgan fingerprint density at radius 1 is 1.20 bits per heavy atom. The summed E-state index contributed by atoms with van der Waals surface area (Å²) in [5, 5.41) is 2.76. The molecule has 0 unspecified atom stereocenters. The Hall–Kier alpha value is -1.85. The lowest BCUT2D eigenvalue weighted by Crippen LogP contribution is -2.18. The van der Waals surface area contributed by atoms with E-state index in [-0.39, 0.29) is 12.5 Å². The first-order chi connectivity index (χ1) is 9.63. The van der Waals surface area contributed by atoms with Crippen molar-refractivity contribution < 1.29 is 9.53 Å². The van der Waals surface area contributed by atoms with Crippen LogP contribution in [-0.2, 0) is 16.1 Å². The number of rotatable bonds is 5. The van der Waals surface area contributed by atoms with E-state index in [1.807, 2.05) is 36.4 Å². The van der Waals surface area contributed by atoms with Gasteiger partial charge in [-0.3, -0.25) is 4.79 Å². The number of hydrogen-bond donors (Lipinski definition) is 2. The van der Waals surface area contributed by atoms with Gasteiger partial charge >= 0.3 is 0 Å². The number of ether oxygens (including phenoxy) is 1. The van der Waals surface area contributed by atoms with Crippen LogP contribution in [-0.4, -0.2) is 12.5 Å². The van der Waals surface area contributed by atoms with Crippen LogP contribution >= 0.6 is 15.9 Å². The molecule has 0 aliphatic carbocycles. The molecule has 2 aromatic carbocycles. The van der Waals surface area contributed by atoms with Crippen LogP contribution in [0.3, 0.4) is 0 Å². The molecule has 0 fully saturated rings. The summed E-state index contributed by atoms with van der Waals surface area (Å²) in [4.78, 5) is 11.7. The Labute approximate surface area is 126 Å². The largest absolute Gasteiger partial charge is 0.399 e. The van der Waals surface area contributed by atoms with Crippen molar-refractivity contribution in [3.8, 4) is 0 Å². The Kier molecular flexibility index (Phi) is 5.15. The number of nitrogens with one attached hydrogen (secondary N) is 1. The molecule has 4 nitrogen and oxygen atoms in total. The highest BCUT2D eigenvalue weighted by atomic mass is 79.9. The molecule has 0 aliphatic rings. The smallest absolute Gasteiger partial charge is 0.250 e. The molecule has 104 valence electrons. The monoisotopic (exact) mass is 334 g/mol. The van der Waals surface area contributed by atoms with Gasteiger partial charge in [0.25, 0.3) is 0 Å². The summed E-state index contributed by atoms with van der Waals surface area (Å²) in [5.74, 6) is -0.182. The summed E-state index contributed by atoms with van der Waals surface area (Å²) in [6.45, 7) is 0.392. The number of amides is 1. The molecule has 0 saturated heterocycles. The van der Waals surface area contributed by atoms with Gasteiger partial charge in [0.05, 0.1) is 6.61 Å². The van der Waals surface area contributed by atoms with E-state index in [9.17, 15) is 4.79 Å². The molecule has 0 heterocycles. The van der Waals surface area contributed by atoms with E-state index in [1.54, 1.807) is 12.1 Å². The molecule has 0 aliphatic heterocycles. The summed E-state index contributed by atoms with van der Waals surface area (Å²) >= 11 is 3.35. The maximum Gasteiger partial charge on any atom is 0.250 e. The van der Waals surface area contributed by atoms with E-state index in [0.717, 1.165) is 15.7 Å². The molecule has 0 atom stereocenters. The van der Waals surface area contributed by atoms with Crippen LogP contribution in [0.1, 0.15) is 5.56 Å². The molecular weight excluding hydrogens is 320 g/mol. The van der Waals surface area contributed by atoms with Gasteiger partial charge in [-0.1, -0.05) is 34.1 Å². The SMILES string of the molecule is Nc1ccc(COCC(=O)Nc2cccc(Br)c2)cc1. The van der Waals surface area contributed by atoms with Gasteiger partial charge in [0, 0.05) is 15.8 Å². The molecule has 0 saturated carbocycles. The number of nitrogen functional groups attached to an aromatic ring is 1. The summed E-state index contributed by atoms with van der Waals surface area (Å²) in [7, 11) is 0. The first kappa shape index (κ1) is 14.6. The lowest BCUT2D eigenvalue weighted by Gasteiger charge is -2.07. The fourth-order valence-electron chi connectivity index (χ4n) is 1.64. The maximum absolute atomic E-state index is 11.7. The number of halogens is 1. The molecule has 5 heteroatoms. The van der Waals surface area contributed by atoms with Gasteiger partial charge in [-0.25, -0.2) is 0 Å². The van der Waals surface area contributed by atoms with E-state index in [1.165, 1.54) is 0 Å². The van der Waals surface area contributed by atoms with Crippen molar-refractivity contribution in [3.63, 3.8) is 0 Å². The molecule has 2 rings (SSSR count). The molecule has 2 aromatic rings. The first-order valence-electron chi connectivity index (χ1n) is 6.11. The minimum atomic E-state index is -0.182. The minimum absolute atomic E-state index is 0.0108. The number of carbonyl (C=O) groups excluding carboxylic acids is 1. The Bertz CT molecular complexity index is 585. The molecule has 20 heavy (non-hydrogen) atoms. The average Bonchev–Trinajstić information content (AvgIpc) is 2.41. The van der Waals surface area contributed by atoms with Crippen molar-refractivity contribution in [2.75, 3.05) is 17.7 Å². The zero-order chi connectivity index (χ0) is 14.4. The highest BCUT2D eigenvalue weighted by Gasteiger charge is 2.03. The lowest BCUT2D eigenvalue weighted by atomic mass is 10.2. The fraction of sp³-hybridized carbons (Fsp3) is 0.133. The van der Waals surface area contributed by atoms with Gasteiger partial charge in [-0.15, -0.1) is 0 Å². The second-order valence-electron chi connectivity index (χ2n) is 4.29. The van der Waals surface area contributed by atoms with Crippen LogP contribution in [0.25, 0.3) is 0 Å². The van der Waals surface area contributed by atoms with Crippen molar-refractivity contribution in [2.24, 2.45) is 0 Å². The average molecular weight is 335 g/mol. The summed E-state index contributed by atoms with van der Waals surface area (Å²) in [6.07, 6.45) is 0. The van der Waals surface area contributed by atoms with Crippen molar-refractivity contribution in [2.45, 2.75) is 6.61 Å². The van der Waals surface area contributed by atoms with E-state index >= 15 is 0 Å². The van der Waals surface area contributed by atoms with Crippen molar-refractivity contribution in [1.82, 2.24) is 0 Å². The van der Waals surface area contributed by atoms with E-state index in [0.29, 0.717) is 12.3 Å². The summed E-state index contributed by atoms with van der Waals surface area (Å²) in [5.41, 5.74) is 8.02. The Morgan fingerprint density at radius 3 is 2.65 bits per heavy atom. The summed E-state index contributed by atoms with van der Waals surface area (Å²) in [6, 6.07) is 14.8. The second kappa shape index (κ2) is 7.07. The molecule has 0 radical (unpaired) electrons. The number of anilines is 2. The second-order valence-corrected chi connectivity index (χ2v) is 5.21. The number of carbonyl (C=O) groups is 1. The predicted octanol–water partition coefficient (Wildman–Crippen LogP) is 3.19. The highest BCUT2D eigenvalue weighted by molar-refractivity contribution is 9.10. The van der Waals surface area contributed by atoms with E-state index < -0.39 is 0 Å². The molecule has 0 bridgehead atoms. The molecule has 3 N–H and O–H groups in total. The topological polar surface area (TPSA) is 64.3 Å². The van der Waals surface area contributed by atoms with Crippen molar-refractivity contribution in [3.05, 3.63) is 58.6 Å². The Balaban J connectivity index is 1.76. The van der Waals surface area contributed by atoms with Crippen LogP contribution in [0.5, 0.6) is 0 Å². The standard InChI is InChI=1S/C15H15BrN2O2/c16-12-2-1-3-14(8-12)18-15(19)10-20-9-11-4-6-13(17)7-5-11/h1-8H,9-10,17H2,(H,18,19). The predicted molar refractivity (Wildman–Crippen MR) is 83.3 cm³/mol. The van der Waals surface area contributed by atoms with Gasteiger partial charge in [0.2, 0.25) is 5.91 Å². The van der Waals surface area contributed by atoms with Crippen molar-refractivity contribution >= 4 is 33.2 Å². The summed E-state index contributed by atoms with van der Waals surface area (Å²) < 4.78 is 6.27. The Morgan fingerprint density at radius 2 is 1.95 bits per heavy atom. The van der Waals surface area contributed by atoms with Crippen LogP contribution < -0.4 is 11.1 Å². The van der Waals surface area contributed by atoms with Crippen LogP contribution in [0.15, 0.2) is 53.0 Å². The first-order valence-corrected chi connectivity index (χ1v) is 6.90. The molecular formula is C15H15BrN2O2. The van der Waals surface area contributed by atoms with Gasteiger partial charge in [0.15, 0.2) is 0 Å². The van der Waals surface area contributed by atoms with Crippen LogP contribution in [0.2, 0.25) is 0 Å². The zero-order valence-electron chi connectivity index (χ0n) is 10.8. The molecule has 1 amide bonds. The fourth-order valence-corrected chi connectivity index (χ4v) is 2.04. The minimum Gasteiger partial charge on any atom is -0.399 e. The van der Waals surface area contributed by atoms with Crippen LogP contribution in [0, 0.1) is 0 Å². The lowest BCUT2D eigenvalue weighted by molar-refractivity contribution is -0.121. The van der Waals surface area contributed by atoms with Crippen molar-refractivity contribution in [1.29, 1.82) is 0 Å². The number of hydrogen-bond acceptors (Lipinski definition) is 3. The van der Waals surface area contributed by atoms with Gasteiger partial charge in [-0.2, -0.15) is 0 Å². The van der Waals surface area contributed by atoms with E-state index in [2.05, 4.69) is 21.2 Å². The number of nitrogens with two attached hydrogens (primary N) is 1. The van der Waals surface area contributed by atoms with E-state index in [4.69, 9.17) is 10.5 Å². The maximum atomic E-state index is 11.7. The highest BCUT2D eigenvalue weighted by Crippen LogP contribution is 2.15. The third kappa shape index (κ3) is 4.68. The van der Waals surface area contributed by atoms with Gasteiger partial charge < -0.3 is 15.8 Å². The normalized spacial score (nSPS) is 10.2. The zero-order valence-corrected chi connectivity index (χ0v) is 12.4. The third-order valence-corrected chi connectivity index (χ3v) is 3.08. The van der Waals surface area contributed by atoms with Gasteiger partial charge in [-0.05, 0) is 35.9 Å². The molecule has 0 aromatic heterocycles. The van der Waals surface area contributed by atoms with Gasteiger partial charge in [0.1, 0.15) is 6.61 Å². The molecule has 0 spiro atoms. The quantitative estimate of drug-likeness (QED) is 0.825. The van der Waals surface area contributed by atoms with Crippen LogP contribution in [0.4, 0.5) is 11.4 Å². The number of benzene rings is 2.